The van der Waals surface area contributed by atoms with Crippen LogP contribution in [0.4, 0.5) is 0 Å². The van der Waals surface area contributed by atoms with E-state index in [1.807, 2.05) is 25.2 Å². The van der Waals surface area contributed by atoms with Gasteiger partial charge in [0.1, 0.15) is 11.9 Å². The van der Waals surface area contributed by atoms with Crippen LogP contribution in [0.1, 0.15) is 31.4 Å². The zero-order valence-corrected chi connectivity index (χ0v) is 11.7. The van der Waals surface area contributed by atoms with Crippen molar-refractivity contribution in [3.63, 3.8) is 0 Å². The number of rotatable bonds is 4. The van der Waals surface area contributed by atoms with Crippen LogP contribution in [0.5, 0.6) is 5.75 Å². The van der Waals surface area contributed by atoms with E-state index in [2.05, 4.69) is 12.2 Å². The van der Waals surface area contributed by atoms with Gasteiger partial charge in [-0.1, -0.05) is 11.6 Å². The average Bonchev–Trinajstić information content (AvgIpc) is 2.41. The molecule has 0 spiro atoms. The topological polar surface area (TPSA) is 30.5 Å². The predicted octanol–water partition coefficient (Wildman–Crippen LogP) is 3.18. The highest BCUT2D eigenvalue weighted by Gasteiger charge is 2.18. The van der Waals surface area contributed by atoms with Crippen molar-refractivity contribution in [2.75, 3.05) is 20.3 Å². The summed E-state index contributed by atoms with van der Waals surface area (Å²) < 4.78 is 11.5. The molecule has 3 nitrogen and oxygen atoms in total. The third-order valence-corrected chi connectivity index (χ3v) is 3.52. The van der Waals surface area contributed by atoms with E-state index < -0.39 is 0 Å². The Morgan fingerprint density at radius 2 is 2.33 bits per heavy atom. The summed E-state index contributed by atoms with van der Waals surface area (Å²) in [7, 11) is 1.93. The molecule has 1 aromatic rings. The van der Waals surface area contributed by atoms with Gasteiger partial charge in [-0.15, -0.1) is 0 Å². The van der Waals surface area contributed by atoms with Crippen molar-refractivity contribution >= 4 is 11.6 Å². The molecule has 18 heavy (non-hydrogen) atoms. The van der Waals surface area contributed by atoms with E-state index in [0.29, 0.717) is 6.61 Å². The summed E-state index contributed by atoms with van der Waals surface area (Å²) in [6.07, 6.45) is 2.27. The first-order valence-corrected chi connectivity index (χ1v) is 6.79. The van der Waals surface area contributed by atoms with E-state index in [0.717, 1.165) is 35.8 Å². The fraction of sp³-hybridized carbons (Fsp3) is 0.571. The molecule has 1 aliphatic heterocycles. The average molecular weight is 270 g/mol. The van der Waals surface area contributed by atoms with Gasteiger partial charge in [-0.2, -0.15) is 0 Å². The molecule has 0 amide bonds. The summed E-state index contributed by atoms with van der Waals surface area (Å²) in [5.41, 5.74) is 1.09. The van der Waals surface area contributed by atoms with Crippen LogP contribution >= 0.6 is 11.6 Å². The van der Waals surface area contributed by atoms with Gasteiger partial charge < -0.3 is 14.8 Å². The molecule has 1 saturated heterocycles. The summed E-state index contributed by atoms with van der Waals surface area (Å²) >= 11 is 6.05. The van der Waals surface area contributed by atoms with Gasteiger partial charge >= 0.3 is 0 Å². The largest absolute Gasteiger partial charge is 0.488 e. The molecule has 1 heterocycles. The lowest BCUT2D eigenvalue weighted by Crippen LogP contribution is -2.28. The van der Waals surface area contributed by atoms with Crippen LogP contribution in [-0.2, 0) is 4.74 Å². The number of ether oxygens (including phenoxy) is 2. The van der Waals surface area contributed by atoms with Crippen LogP contribution in [0.25, 0.3) is 0 Å². The molecule has 0 bridgehead atoms. The first-order chi connectivity index (χ1) is 8.70. The molecule has 4 heteroatoms. The lowest BCUT2D eigenvalue weighted by molar-refractivity contribution is 0.00688. The standard InChI is InChI=1S/C14H20ClNO2/c1-10(16-2)13-8-11(15)5-6-14(13)18-12-4-3-7-17-9-12/h5-6,8,10,12,16H,3-4,7,9H2,1-2H3. The van der Waals surface area contributed by atoms with Crippen molar-refractivity contribution < 1.29 is 9.47 Å². The molecule has 2 unspecified atom stereocenters. The van der Waals surface area contributed by atoms with Crippen LogP contribution in [0.2, 0.25) is 5.02 Å². The molecule has 0 saturated carbocycles. The molecular weight excluding hydrogens is 250 g/mol. The normalized spacial score (nSPS) is 21.6. The first kappa shape index (κ1) is 13.7. The summed E-state index contributed by atoms with van der Waals surface area (Å²) in [4.78, 5) is 0. The van der Waals surface area contributed by atoms with Crippen molar-refractivity contribution in [3.8, 4) is 5.75 Å². The van der Waals surface area contributed by atoms with Gasteiger partial charge in [-0.05, 0) is 45.0 Å². The van der Waals surface area contributed by atoms with E-state index in [9.17, 15) is 0 Å². The number of nitrogens with one attached hydrogen (secondary N) is 1. The molecule has 1 N–H and O–H groups in total. The van der Waals surface area contributed by atoms with Gasteiger partial charge in [0.2, 0.25) is 0 Å². The third kappa shape index (κ3) is 3.37. The zero-order valence-electron chi connectivity index (χ0n) is 10.9. The van der Waals surface area contributed by atoms with Crippen molar-refractivity contribution in [3.05, 3.63) is 28.8 Å². The maximum Gasteiger partial charge on any atom is 0.124 e. The van der Waals surface area contributed by atoms with Crippen LogP contribution < -0.4 is 10.1 Å². The molecular formula is C14H20ClNO2. The van der Waals surface area contributed by atoms with Crippen LogP contribution in [-0.4, -0.2) is 26.4 Å². The van der Waals surface area contributed by atoms with Crippen LogP contribution in [0.15, 0.2) is 18.2 Å². The fourth-order valence-electron chi connectivity index (χ4n) is 2.10. The monoisotopic (exact) mass is 269 g/mol. The fourth-order valence-corrected chi connectivity index (χ4v) is 2.28. The van der Waals surface area contributed by atoms with E-state index in [1.165, 1.54) is 0 Å². The molecule has 2 rings (SSSR count). The lowest BCUT2D eigenvalue weighted by atomic mass is 10.1. The van der Waals surface area contributed by atoms with Gasteiger partial charge in [0, 0.05) is 23.2 Å². The minimum Gasteiger partial charge on any atom is -0.488 e. The highest BCUT2D eigenvalue weighted by atomic mass is 35.5. The molecule has 0 aliphatic carbocycles. The van der Waals surface area contributed by atoms with E-state index in [-0.39, 0.29) is 12.1 Å². The van der Waals surface area contributed by atoms with Crippen LogP contribution in [0.3, 0.4) is 0 Å². The van der Waals surface area contributed by atoms with Crippen molar-refractivity contribution in [1.82, 2.24) is 5.32 Å². The zero-order chi connectivity index (χ0) is 13.0. The Hall–Kier alpha value is -0.770. The van der Waals surface area contributed by atoms with Gasteiger partial charge in [0.15, 0.2) is 0 Å². The smallest absolute Gasteiger partial charge is 0.124 e. The Balaban J connectivity index is 2.15. The maximum absolute atomic E-state index is 6.05. The highest BCUT2D eigenvalue weighted by Crippen LogP contribution is 2.30. The predicted molar refractivity (Wildman–Crippen MR) is 73.4 cm³/mol. The Kier molecular flexibility index (Phi) is 4.87. The molecule has 100 valence electrons. The van der Waals surface area contributed by atoms with Crippen LogP contribution in [0, 0.1) is 0 Å². The molecule has 1 aromatic carbocycles. The Bertz CT molecular complexity index is 391. The summed E-state index contributed by atoms with van der Waals surface area (Å²) in [5.74, 6) is 0.900. The lowest BCUT2D eigenvalue weighted by Gasteiger charge is -2.25. The van der Waals surface area contributed by atoms with E-state index in [4.69, 9.17) is 21.1 Å². The van der Waals surface area contributed by atoms with E-state index in [1.54, 1.807) is 0 Å². The number of hydrogen-bond donors (Lipinski definition) is 1. The summed E-state index contributed by atoms with van der Waals surface area (Å²) in [6.45, 7) is 3.62. The van der Waals surface area contributed by atoms with Crippen molar-refractivity contribution in [1.29, 1.82) is 0 Å². The maximum atomic E-state index is 6.05. The first-order valence-electron chi connectivity index (χ1n) is 6.42. The molecule has 0 aromatic heterocycles. The van der Waals surface area contributed by atoms with Gasteiger partial charge in [0.25, 0.3) is 0 Å². The van der Waals surface area contributed by atoms with Gasteiger partial charge in [-0.3, -0.25) is 0 Å². The van der Waals surface area contributed by atoms with Gasteiger partial charge in [0.05, 0.1) is 6.61 Å². The molecule has 1 fully saturated rings. The SMILES string of the molecule is CNC(C)c1cc(Cl)ccc1OC1CCCOC1. The minimum absolute atomic E-state index is 0.155. The number of halogens is 1. The Labute approximate surface area is 113 Å². The van der Waals surface area contributed by atoms with E-state index >= 15 is 0 Å². The second kappa shape index (κ2) is 6.41. The quantitative estimate of drug-likeness (QED) is 0.911. The minimum atomic E-state index is 0.155. The second-order valence-electron chi connectivity index (χ2n) is 4.65. The summed E-state index contributed by atoms with van der Waals surface area (Å²) in [5, 5.41) is 3.95. The number of benzene rings is 1. The molecule has 1 aliphatic rings. The van der Waals surface area contributed by atoms with Crippen molar-refractivity contribution in [2.45, 2.75) is 31.9 Å². The Morgan fingerprint density at radius 3 is 3.00 bits per heavy atom. The third-order valence-electron chi connectivity index (χ3n) is 3.28. The van der Waals surface area contributed by atoms with Gasteiger partial charge in [-0.25, -0.2) is 0 Å². The second-order valence-corrected chi connectivity index (χ2v) is 5.09. The number of hydrogen-bond acceptors (Lipinski definition) is 3. The molecule has 0 radical (unpaired) electrons. The van der Waals surface area contributed by atoms with Crippen molar-refractivity contribution in [2.24, 2.45) is 0 Å². The highest BCUT2D eigenvalue weighted by molar-refractivity contribution is 6.30. The Morgan fingerprint density at radius 1 is 1.50 bits per heavy atom. The molecule has 2 atom stereocenters. The summed E-state index contributed by atoms with van der Waals surface area (Å²) in [6, 6.07) is 5.98.